The molecular weight excluding hydrogens is 428 g/mol. The maximum Gasteiger partial charge on any atom is 0.410 e. The Balaban J connectivity index is 2.84. The minimum absolute atomic E-state index is 0.0430. The predicted octanol–water partition coefficient (Wildman–Crippen LogP) is 4.66. The lowest BCUT2D eigenvalue weighted by atomic mass is 10.1. The minimum Gasteiger partial charge on any atom is -0.444 e. The van der Waals surface area contributed by atoms with Crippen molar-refractivity contribution < 1.29 is 28.6 Å². The Morgan fingerprint density at radius 3 is 2.03 bits per heavy atom. The number of carbonyl (C=O) groups excluding carboxylic acids is 2. The van der Waals surface area contributed by atoms with Crippen LogP contribution >= 0.6 is 0 Å². The molecule has 3 atom stereocenters. The lowest BCUT2D eigenvalue weighted by Gasteiger charge is -2.38. The average Bonchev–Trinajstić information content (AvgIpc) is 2.90. The lowest BCUT2D eigenvalue weighted by Crippen LogP contribution is -2.45. The first-order chi connectivity index (χ1) is 14.2. The highest BCUT2D eigenvalue weighted by molar-refractivity contribution is 6.74. The van der Waals surface area contributed by atoms with Gasteiger partial charge in [-0.15, -0.1) is 0 Å². The van der Waals surface area contributed by atoms with Gasteiger partial charge in [-0.3, -0.25) is 0 Å². The summed E-state index contributed by atoms with van der Waals surface area (Å²) in [5, 5.41) is 13.2. The van der Waals surface area contributed by atoms with Crippen LogP contribution in [0.2, 0.25) is 18.1 Å². The molecule has 0 aromatic heterocycles. The number of nitrogens with zero attached hydrogens (tertiary/aromatic N) is 1. The summed E-state index contributed by atoms with van der Waals surface area (Å²) >= 11 is 0. The molecule has 1 aliphatic heterocycles. The number of aliphatic hydroxyl groups excluding tert-OH is 1. The maximum absolute atomic E-state index is 12.9. The van der Waals surface area contributed by atoms with E-state index in [1.54, 1.807) is 25.7 Å². The molecule has 1 fully saturated rings. The Kier molecular flexibility index (Phi) is 9.24. The van der Waals surface area contributed by atoms with Crippen molar-refractivity contribution in [2.75, 3.05) is 13.1 Å². The minimum atomic E-state index is -2.02. The SMILES string of the molecule is CC(C)(C)OC(=O)NC[C@@H](O)C[C@@H]1C[C@@H](O[Si](C)(C)C(C)(C)C)CN1C(=O)OC(C)(C)C. The first-order valence-corrected chi connectivity index (χ1v) is 14.4. The van der Waals surface area contributed by atoms with Crippen LogP contribution in [0.15, 0.2) is 0 Å². The van der Waals surface area contributed by atoms with Crippen LogP contribution in [0.5, 0.6) is 0 Å². The van der Waals surface area contributed by atoms with Crippen molar-refractivity contribution in [1.82, 2.24) is 10.2 Å². The van der Waals surface area contributed by atoms with Gasteiger partial charge in [0.1, 0.15) is 11.2 Å². The molecule has 2 amide bonds. The van der Waals surface area contributed by atoms with Crippen LogP contribution in [-0.2, 0) is 13.9 Å². The van der Waals surface area contributed by atoms with Gasteiger partial charge < -0.3 is 29.2 Å². The molecular formula is C23H46N2O6Si. The fourth-order valence-electron chi connectivity index (χ4n) is 3.23. The summed E-state index contributed by atoms with van der Waals surface area (Å²) < 4.78 is 17.4. The summed E-state index contributed by atoms with van der Waals surface area (Å²) in [6.45, 7) is 22.2. The Hall–Kier alpha value is -1.32. The van der Waals surface area contributed by atoms with Gasteiger partial charge >= 0.3 is 12.2 Å². The molecule has 1 saturated heterocycles. The third-order valence-corrected chi connectivity index (χ3v) is 10.2. The molecule has 0 aliphatic carbocycles. The van der Waals surface area contributed by atoms with Crippen molar-refractivity contribution >= 4 is 20.5 Å². The van der Waals surface area contributed by atoms with E-state index < -0.39 is 37.8 Å². The topological polar surface area (TPSA) is 97.3 Å². The predicted molar refractivity (Wildman–Crippen MR) is 128 cm³/mol. The number of hydrogen-bond acceptors (Lipinski definition) is 6. The van der Waals surface area contributed by atoms with E-state index in [-0.39, 0.29) is 23.7 Å². The van der Waals surface area contributed by atoms with Gasteiger partial charge in [0.15, 0.2) is 8.32 Å². The van der Waals surface area contributed by atoms with Crippen LogP contribution < -0.4 is 5.32 Å². The van der Waals surface area contributed by atoms with Gasteiger partial charge in [-0.05, 0) is 72.5 Å². The fourth-order valence-corrected chi connectivity index (χ4v) is 4.59. The van der Waals surface area contributed by atoms with Crippen molar-refractivity contribution in [3.63, 3.8) is 0 Å². The maximum atomic E-state index is 12.9. The smallest absolute Gasteiger partial charge is 0.410 e. The molecule has 1 rings (SSSR count). The van der Waals surface area contributed by atoms with Crippen LogP contribution in [-0.4, -0.2) is 73.1 Å². The number of aliphatic hydroxyl groups is 1. The van der Waals surface area contributed by atoms with Gasteiger partial charge in [-0.2, -0.15) is 0 Å². The molecule has 0 bridgehead atoms. The average molecular weight is 475 g/mol. The zero-order chi connectivity index (χ0) is 25.1. The van der Waals surface area contributed by atoms with E-state index in [9.17, 15) is 14.7 Å². The number of ether oxygens (including phenoxy) is 2. The number of hydrogen-bond donors (Lipinski definition) is 2. The highest BCUT2D eigenvalue weighted by Crippen LogP contribution is 2.39. The van der Waals surface area contributed by atoms with Gasteiger partial charge in [0.05, 0.1) is 12.2 Å². The third-order valence-electron chi connectivity index (χ3n) is 5.70. The van der Waals surface area contributed by atoms with Gasteiger partial charge in [0.25, 0.3) is 0 Å². The standard InChI is InChI=1S/C23H46N2O6Si/c1-21(2,3)29-19(27)24-14-17(26)12-16-13-18(31-32(10,11)23(7,8)9)15-25(16)20(28)30-22(4,5)6/h16-18,26H,12-15H2,1-11H3,(H,24,27)/t16-,17+,18-/m1/s1. The number of alkyl carbamates (subject to hydrolysis) is 1. The first kappa shape index (κ1) is 28.7. The van der Waals surface area contributed by atoms with Crippen molar-refractivity contribution in [1.29, 1.82) is 0 Å². The summed E-state index contributed by atoms with van der Waals surface area (Å²) in [4.78, 5) is 26.4. The fraction of sp³-hybridized carbons (Fsp3) is 0.913. The Morgan fingerprint density at radius 2 is 1.56 bits per heavy atom. The summed E-state index contributed by atoms with van der Waals surface area (Å²) in [6.07, 6.45) is -0.993. The van der Waals surface area contributed by atoms with E-state index >= 15 is 0 Å². The number of amides is 2. The quantitative estimate of drug-likeness (QED) is 0.543. The van der Waals surface area contributed by atoms with E-state index in [0.717, 1.165) is 0 Å². The molecule has 0 unspecified atom stereocenters. The van der Waals surface area contributed by atoms with Crippen molar-refractivity contribution in [2.24, 2.45) is 0 Å². The van der Waals surface area contributed by atoms with E-state index in [4.69, 9.17) is 13.9 Å². The molecule has 188 valence electrons. The molecule has 9 heteroatoms. The van der Waals surface area contributed by atoms with Crippen molar-refractivity contribution in [3.8, 4) is 0 Å². The monoisotopic (exact) mass is 474 g/mol. The summed E-state index contributed by atoms with van der Waals surface area (Å²) in [6, 6.07) is -0.241. The van der Waals surface area contributed by atoms with Gasteiger partial charge in [-0.25, -0.2) is 9.59 Å². The van der Waals surface area contributed by atoms with Crippen LogP contribution in [0.25, 0.3) is 0 Å². The normalized spacial score (nSPS) is 21.3. The summed E-state index contributed by atoms with van der Waals surface area (Å²) in [7, 11) is -2.02. The highest BCUT2D eigenvalue weighted by atomic mass is 28.4. The number of rotatable bonds is 6. The lowest BCUT2D eigenvalue weighted by molar-refractivity contribution is 0.0160. The molecule has 32 heavy (non-hydrogen) atoms. The van der Waals surface area contributed by atoms with E-state index in [0.29, 0.717) is 19.4 Å². The number of likely N-dealkylation sites (tertiary alicyclic amines) is 1. The molecule has 0 saturated carbocycles. The van der Waals surface area contributed by atoms with Crippen molar-refractivity contribution in [3.05, 3.63) is 0 Å². The van der Waals surface area contributed by atoms with Crippen LogP contribution in [0.1, 0.15) is 75.2 Å². The molecule has 8 nitrogen and oxygen atoms in total. The summed E-state index contributed by atoms with van der Waals surface area (Å²) in [5.74, 6) is 0. The second kappa shape index (κ2) is 10.3. The van der Waals surface area contributed by atoms with Gasteiger partial charge in [0, 0.05) is 19.1 Å². The molecule has 0 radical (unpaired) electrons. The van der Waals surface area contributed by atoms with E-state index in [1.165, 1.54) is 0 Å². The number of nitrogens with one attached hydrogen (secondary N) is 1. The third kappa shape index (κ3) is 9.66. The van der Waals surface area contributed by atoms with Crippen molar-refractivity contribution in [2.45, 2.75) is 123 Å². The molecule has 0 spiro atoms. The van der Waals surface area contributed by atoms with Crippen LogP contribution in [0.4, 0.5) is 9.59 Å². The Morgan fingerprint density at radius 1 is 1.03 bits per heavy atom. The van der Waals surface area contributed by atoms with Gasteiger partial charge in [0.2, 0.25) is 0 Å². The van der Waals surface area contributed by atoms with Gasteiger partial charge in [-0.1, -0.05) is 20.8 Å². The van der Waals surface area contributed by atoms with E-state index in [2.05, 4.69) is 39.2 Å². The Labute approximate surface area is 195 Å². The second-order valence-corrected chi connectivity index (χ2v) is 17.1. The Bertz CT molecular complexity index is 648. The van der Waals surface area contributed by atoms with Crippen LogP contribution in [0, 0.1) is 0 Å². The first-order valence-electron chi connectivity index (χ1n) is 11.5. The largest absolute Gasteiger partial charge is 0.444 e. The second-order valence-electron chi connectivity index (χ2n) is 12.3. The number of carbonyl (C=O) groups is 2. The molecule has 2 N–H and O–H groups in total. The zero-order valence-electron chi connectivity index (χ0n) is 22.0. The zero-order valence-corrected chi connectivity index (χ0v) is 23.0. The van der Waals surface area contributed by atoms with Crippen LogP contribution in [0.3, 0.4) is 0 Å². The molecule has 1 heterocycles. The van der Waals surface area contributed by atoms with E-state index in [1.807, 2.05) is 20.8 Å². The molecule has 0 aromatic rings. The molecule has 1 aliphatic rings. The summed E-state index contributed by atoms with van der Waals surface area (Å²) in [5.41, 5.74) is -1.22. The molecule has 0 aromatic carbocycles. The highest BCUT2D eigenvalue weighted by Gasteiger charge is 2.44.